The zero-order chi connectivity index (χ0) is 21.1. The SMILES string of the molecule is C=CCc1c(OCC(=O)c2ccc(OC)cc2)ccc2c1oc(=O)c1ccccc12. The van der Waals surface area contributed by atoms with E-state index in [0.29, 0.717) is 40.0 Å². The zero-order valence-corrected chi connectivity index (χ0v) is 16.5. The van der Waals surface area contributed by atoms with Crippen LogP contribution in [0.2, 0.25) is 0 Å². The molecule has 30 heavy (non-hydrogen) atoms. The maximum Gasteiger partial charge on any atom is 0.344 e. The van der Waals surface area contributed by atoms with Crippen molar-refractivity contribution >= 4 is 27.5 Å². The Morgan fingerprint density at radius 2 is 1.73 bits per heavy atom. The summed E-state index contributed by atoms with van der Waals surface area (Å²) in [6, 6.07) is 17.8. The van der Waals surface area contributed by atoms with E-state index in [1.165, 1.54) is 0 Å². The molecule has 4 rings (SSSR count). The molecule has 0 aliphatic carbocycles. The van der Waals surface area contributed by atoms with Crippen LogP contribution in [0.15, 0.2) is 82.5 Å². The number of ether oxygens (including phenoxy) is 2. The molecule has 0 saturated carbocycles. The lowest BCUT2D eigenvalue weighted by atomic mass is 10.0. The highest BCUT2D eigenvalue weighted by Crippen LogP contribution is 2.32. The Morgan fingerprint density at radius 1 is 1.00 bits per heavy atom. The van der Waals surface area contributed by atoms with Gasteiger partial charge < -0.3 is 13.9 Å². The summed E-state index contributed by atoms with van der Waals surface area (Å²) in [5.41, 5.74) is 1.26. The minimum Gasteiger partial charge on any atom is -0.497 e. The average Bonchev–Trinajstić information content (AvgIpc) is 2.79. The molecule has 0 aliphatic rings. The maximum absolute atomic E-state index is 12.5. The van der Waals surface area contributed by atoms with Crippen LogP contribution in [0.5, 0.6) is 11.5 Å². The van der Waals surface area contributed by atoms with Gasteiger partial charge in [-0.1, -0.05) is 24.3 Å². The molecule has 0 N–H and O–H groups in total. The van der Waals surface area contributed by atoms with Crippen LogP contribution in [0.25, 0.3) is 21.7 Å². The molecule has 0 radical (unpaired) electrons. The second kappa shape index (κ2) is 8.25. The number of rotatable bonds is 7. The molecule has 5 nitrogen and oxygen atoms in total. The van der Waals surface area contributed by atoms with Crippen LogP contribution in [0.1, 0.15) is 15.9 Å². The number of hydrogen-bond donors (Lipinski definition) is 0. The third-order valence-corrected chi connectivity index (χ3v) is 4.97. The van der Waals surface area contributed by atoms with Gasteiger partial charge in [0.2, 0.25) is 0 Å². The van der Waals surface area contributed by atoms with Crippen molar-refractivity contribution in [2.45, 2.75) is 6.42 Å². The number of carbonyl (C=O) groups excluding carboxylic acids is 1. The summed E-state index contributed by atoms with van der Waals surface area (Å²) >= 11 is 0. The Hall–Kier alpha value is -3.86. The van der Waals surface area contributed by atoms with E-state index in [2.05, 4.69) is 6.58 Å². The van der Waals surface area contributed by atoms with Crippen molar-refractivity contribution in [3.63, 3.8) is 0 Å². The highest BCUT2D eigenvalue weighted by atomic mass is 16.5. The average molecular weight is 400 g/mol. The summed E-state index contributed by atoms with van der Waals surface area (Å²) in [6.07, 6.45) is 2.15. The first kappa shape index (κ1) is 19.5. The second-order valence-corrected chi connectivity index (χ2v) is 6.79. The van der Waals surface area contributed by atoms with Crippen molar-refractivity contribution in [2.24, 2.45) is 0 Å². The first-order valence-corrected chi connectivity index (χ1v) is 9.50. The summed E-state index contributed by atoms with van der Waals surface area (Å²) in [5, 5.41) is 2.16. The third-order valence-electron chi connectivity index (χ3n) is 4.97. The van der Waals surface area contributed by atoms with Crippen LogP contribution in [0.4, 0.5) is 0 Å². The summed E-state index contributed by atoms with van der Waals surface area (Å²) < 4.78 is 16.6. The molecular formula is C25H20O5. The molecule has 1 aromatic heterocycles. The van der Waals surface area contributed by atoms with Gasteiger partial charge in [-0.3, -0.25) is 4.79 Å². The van der Waals surface area contributed by atoms with Crippen LogP contribution < -0.4 is 15.1 Å². The fraction of sp³-hybridized carbons (Fsp3) is 0.120. The molecule has 0 atom stereocenters. The van der Waals surface area contributed by atoms with Gasteiger partial charge in [-0.2, -0.15) is 0 Å². The van der Waals surface area contributed by atoms with E-state index in [4.69, 9.17) is 13.9 Å². The number of carbonyl (C=O) groups is 1. The molecule has 150 valence electrons. The normalized spacial score (nSPS) is 10.8. The first-order chi connectivity index (χ1) is 14.6. The first-order valence-electron chi connectivity index (χ1n) is 9.50. The van der Waals surface area contributed by atoms with Crippen molar-refractivity contribution in [1.29, 1.82) is 0 Å². The molecule has 0 saturated heterocycles. The lowest BCUT2D eigenvalue weighted by Gasteiger charge is -2.13. The van der Waals surface area contributed by atoms with E-state index in [-0.39, 0.29) is 12.4 Å². The summed E-state index contributed by atoms with van der Waals surface area (Å²) in [6.45, 7) is 3.65. The van der Waals surface area contributed by atoms with Gasteiger partial charge in [0.25, 0.3) is 0 Å². The van der Waals surface area contributed by atoms with Crippen molar-refractivity contribution in [1.82, 2.24) is 0 Å². The highest BCUT2D eigenvalue weighted by molar-refractivity contribution is 6.05. The molecule has 3 aromatic carbocycles. The Labute approximate surface area is 173 Å². The van der Waals surface area contributed by atoms with Crippen LogP contribution >= 0.6 is 0 Å². The van der Waals surface area contributed by atoms with Crippen LogP contribution in [-0.2, 0) is 6.42 Å². The molecule has 1 heterocycles. The number of Topliss-reactive ketones (excluding diaryl/α,β-unsaturated/α-hetero) is 1. The van der Waals surface area contributed by atoms with Gasteiger partial charge in [-0.15, -0.1) is 6.58 Å². The van der Waals surface area contributed by atoms with Gasteiger partial charge in [0, 0.05) is 16.5 Å². The molecule has 0 fully saturated rings. The fourth-order valence-electron chi connectivity index (χ4n) is 3.46. The Balaban J connectivity index is 1.70. The molecule has 0 unspecified atom stereocenters. The van der Waals surface area contributed by atoms with E-state index in [1.54, 1.807) is 55.7 Å². The van der Waals surface area contributed by atoms with Crippen molar-refractivity contribution < 1.29 is 18.7 Å². The van der Waals surface area contributed by atoms with Gasteiger partial charge in [0.05, 0.1) is 12.5 Å². The number of benzene rings is 3. The molecular weight excluding hydrogens is 380 g/mol. The smallest absolute Gasteiger partial charge is 0.344 e. The lowest BCUT2D eigenvalue weighted by molar-refractivity contribution is 0.0921. The Kier molecular flexibility index (Phi) is 5.35. The fourth-order valence-corrected chi connectivity index (χ4v) is 3.46. The minimum absolute atomic E-state index is 0.139. The van der Waals surface area contributed by atoms with Crippen molar-refractivity contribution in [3.05, 3.63) is 94.9 Å². The van der Waals surface area contributed by atoms with E-state index in [0.717, 1.165) is 10.8 Å². The quantitative estimate of drug-likeness (QED) is 0.190. The minimum atomic E-state index is -0.408. The summed E-state index contributed by atoms with van der Waals surface area (Å²) in [4.78, 5) is 25.0. The van der Waals surface area contributed by atoms with E-state index in [9.17, 15) is 9.59 Å². The third kappa shape index (κ3) is 3.57. The maximum atomic E-state index is 12.5. The predicted octanol–water partition coefficient (Wildman–Crippen LogP) is 4.95. The lowest BCUT2D eigenvalue weighted by Crippen LogP contribution is -2.12. The van der Waals surface area contributed by atoms with Gasteiger partial charge in [0.1, 0.15) is 17.1 Å². The molecule has 0 aliphatic heterocycles. The van der Waals surface area contributed by atoms with Crippen molar-refractivity contribution in [3.8, 4) is 11.5 Å². The molecule has 0 bridgehead atoms. The topological polar surface area (TPSA) is 65.7 Å². The highest BCUT2D eigenvalue weighted by Gasteiger charge is 2.16. The summed E-state index contributed by atoms with van der Waals surface area (Å²) in [7, 11) is 1.57. The van der Waals surface area contributed by atoms with Gasteiger partial charge in [-0.25, -0.2) is 4.79 Å². The van der Waals surface area contributed by atoms with E-state index in [1.807, 2.05) is 18.2 Å². The summed E-state index contributed by atoms with van der Waals surface area (Å²) in [5.74, 6) is 1.00. The predicted molar refractivity (Wildman–Crippen MR) is 117 cm³/mol. The van der Waals surface area contributed by atoms with E-state index < -0.39 is 5.63 Å². The van der Waals surface area contributed by atoms with E-state index >= 15 is 0 Å². The molecule has 0 spiro atoms. The Bertz CT molecular complexity index is 1300. The molecule has 0 amide bonds. The number of hydrogen-bond acceptors (Lipinski definition) is 5. The van der Waals surface area contributed by atoms with Crippen molar-refractivity contribution in [2.75, 3.05) is 13.7 Å². The van der Waals surface area contributed by atoms with Crippen LogP contribution in [-0.4, -0.2) is 19.5 Å². The van der Waals surface area contributed by atoms with Gasteiger partial charge in [0.15, 0.2) is 12.4 Å². The zero-order valence-electron chi connectivity index (χ0n) is 16.5. The number of fused-ring (bicyclic) bond motifs is 3. The van der Waals surface area contributed by atoms with Crippen LogP contribution in [0, 0.1) is 0 Å². The number of methoxy groups -OCH3 is 1. The van der Waals surface area contributed by atoms with Crippen LogP contribution in [0.3, 0.4) is 0 Å². The largest absolute Gasteiger partial charge is 0.497 e. The van der Waals surface area contributed by atoms with Gasteiger partial charge in [-0.05, 0) is 54.3 Å². The molecule has 5 heteroatoms. The second-order valence-electron chi connectivity index (χ2n) is 6.79. The molecule has 4 aromatic rings. The standard InChI is InChI=1S/C25H20O5/c1-3-6-21-23(29-15-22(26)16-9-11-17(28-2)12-10-16)14-13-19-18-7-4-5-8-20(18)25(27)30-24(19)21/h3-5,7-14H,1,6,15H2,2H3. The number of ketones is 1. The number of allylic oxidation sites excluding steroid dienone is 1. The van der Waals surface area contributed by atoms with Gasteiger partial charge >= 0.3 is 5.63 Å². The monoisotopic (exact) mass is 400 g/mol. The Morgan fingerprint density at radius 3 is 2.43 bits per heavy atom.